The van der Waals surface area contributed by atoms with E-state index in [1.807, 2.05) is 63.2 Å². The lowest BCUT2D eigenvalue weighted by Crippen LogP contribution is -2.20. The van der Waals surface area contributed by atoms with Gasteiger partial charge in [-0.05, 0) is 79.9 Å². The average Bonchev–Trinajstić information content (AvgIpc) is 2.71. The zero-order valence-corrected chi connectivity index (χ0v) is 16.8. The van der Waals surface area contributed by atoms with E-state index in [2.05, 4.69) is 10.6 Å². The van der Waals surface area contributed by atoms with Crippen LogP contribution in [0.2, 0.25) is 0 Å². The van der Waals surface area contributed by atoms with E-state index in [0.717, 1.165) is 11.1 Å². The third-order valence-electron chi connectivity index (χ3n) is 4.64. The Morgan fingerprint density at radius 3 is 2.24 bits per heavy atom. The van der Waals surface area contributed by atoms with Crippen LogP contribution in [0.1, 0.15) is 27.0 Å². The van der Waals surface area contributed by atoms with E-state index >= 15 is 0 Å². The van der Waals surface area contributed by atoms with Gasteiger partial charge in [-0.1, -0.05) is 24.3 Å². The third kappa shape index (κ3) is 5.45. The van der Waals surface area contributed by atoms with Crippen LogP contribution < -0.4 is 15.4 Å². The van der Waals surface area contributed by atoms with Crippen molar-refractivity contribution in [1.82, 2.24) is 0 Å². The summed E-state index contributed by atoms with van der Waals surface area (Å²) in [6.45, 7) is 5.83. The molecule has 0 aliphatic rings. The van der Waals surface area contributed by atoms with Crippen molar-refractivity contribution >= 4 is 23.2 Å². The van der Waals surface area contributed by atoms with Crippen LogP contribution in [0, 0.1) is 20.8 Å². The Morgan fingerprint density at radius 1 is 0.793 bits per heavy atom. The molecule has 148 valence electrons. The van der Waals surface area contributed by atoms with Gasteiger partial charge >= 0.3 is 0 Å². The van der Waals surface area contributed by atoms with Gasteiger partial charge in [-0.25, -0.2) is 0 Å². The lowest BCUT2D eigenvalue weighted by molar-refractivity contribution is -0.118. The Morgan fingerprint density at radius 2 is 1.55 bits per heavy atom. The van der Waals surface area contributed by atoms with Gasteiger partial charge in [0.25, 0.3) is 11.8 Å². The van der Waals surface area contributed by atoms with Crippen molar-refractivity contribution in [1.29, 1.82) is 0 Å². The van der Waals surface area contributed by atoms with Gasteiger partial charge in [-0.3, -0.25) is 9.59 Å². The van der Waals surface area contributed by atoms with Gasteiger partial charge in [-0.15, -0.1) is 0 Å². The predicted octanol–water partition coefficient (Wildman–Crippen LogP) is 4.88. The zero-order valence-electron chi connectivity index (χ0n) is 16.8. The summed E-state index contributed by atoms with van der Waals surface area (Å²) in [6.07, 6.45) is 0. The van der Waals surface area contributed by atoms with Gasteiger partial charge in [0, 0.05) is 16.9 Å². The summed E-state index contributed by atoms with van der Waals surface area (Å²) < 4.78 is 5.56. The molecule has 3 aromatic rings. The third-order valence-corrected chi connectivity index (χ3v) is 4.64. The van der Waals surface area contributed by atoms with E-state index in [9.17, 15) is 9.59 Å². The molecule has 0 saturated carbocycles. The maximum atomic E-state index is 12.3. The zero-order chi connectivity index (χ0) is 20.8. The SMILES string of the molecule is Cc1ccc(OCC(=O)Nc2ccc(NC(=O)c3ccccc3)c(C)c2)cc1C. The molecule has 0 saturated heterocycles. The van der Waals surface area contributed by atoms with Gasteiger partial charge in [0.1, 0.15) is 5.75 Å². The standard InChI is InChI=1S/C24H24N2O3/c1-16-9-11-21(14-17(16)2)29-15-23(27)25-20-10-12-22(18(3)13-20)26-24(28)19-7-5-4-6-8-19/h4-14H,15H2,1-3H3,(H,25,27)(H,26,28). The number of carbonyl (C=O) groups is 2. The fourth-order valence-electron chi connectivity index (χ4n) is 2.82. The molecular weight excluding hydrogens is 364 g/mol. The number of aryl methyl sites for hydroxylation is 3. The minimum absolute atomic E-state index is 0.0754. The predicted molar refractivity (Wildman–Crippen MR) is 116 cm³/mol. The highest BCUT2D eigenvalue weighted by Crippen LogP contribution is 2.21. The molecule has 5 nitrogen and oxygen atoms in total. The molecule has 0 aromatic heterocycles. The highest BCUT2D eigenvalue weighted by Gasteiger charge is 2.09. The first-order chi connectivity index (χ1) is 13.9. The molecule has 5 heteroatoms. The summed E-state index contributed by atoms with van der Waals surface area (Å²) in [5.41, 5.74) is 5.08. The topological polar surface area (TPSA) is 67.4 Å². The summed E-state index contributed by atoms with van der Waals surface area (Å²) in [6, 6.07) is 20.1. The molecule has 0 aliphatic carbocycles. The number of hydrogen-bond donors (Lipinski definition) is 2. The van der Waals surface area contributed by atoms with Crippen LogP contribution >= 0.6 is 0 Å². The maximum Gasteiger partial charge on any atom is 0.262 e. The minimum Gasteiger partial charge on any atom is -0.484 e. The summed E-state index contributed by atoms with van der Waals surface area (Å²) in [4.78, 5) is 24.5. The van der Waals surface area contributed by atoms with E-state index < -0.39 is 0 Å². The summed E-state index contributed by atoms with van der Waals surface area (Å²) in [7, 11) is 0. The van der Waals surface area contributed by atoms with Crippen LogP contribution in [0.5, 0.6) is 5.75 Å². The molecular formula is C24H24N2O3. The molecule has 0 aliphatic heterocycles. The Kier molecular flexibility index (Phi) is 6.29. The normalized spacial score (nSPS) is 10.3. The second-order valence-electron chi connectivity index (χ2n) is 6.93. The summed E-state index contributed by atoms with van der Waals surface area (Å²) >= 11 is 0. The first-order valence-electron chi connectivity index (χ1n) is 9.39. The molecule has 2 N–H and O–H groups in total. The van der Waals surface area contributed by atoms with Gasteiger partial charge in [-0.2, -0.15) is 0 Å². The van der Waals surface area contributed by atoms with Crippen molar-refractivity contribution < 1.29 is 14.3 Å². The number of nitrogens with one attached hydrogen (secondary N) is 2. The van der Waals surface area contributed by atoms with E-state index in [0.29, 0.717) is 22.7 Å². The molecule has 0 spiro atoms. The molecule has 3 rings (SSSR count). The number of hydrogen-bond acceptors (Lipinski definition) is 3. The minimum atomic E-state index is -0.247. The number of carbonyl (C=O) groups excluding carboxylic acids is 2. The van der Waals surface area contributed by atoms with Gasteiger partial charge in [0.2, 0.25) is 0 Å². The Hall–Kier alpha value is -3.60. The quantitative estimate of drug-likeness (QED) is 0.632. The summed E-state index contributed by atoms with van der Waals surface area (Å²) in [5.74, 6) is 0.245. The number of benzene rings is 3. The van der Waals surface area contributed by atoms with E-state index in [1.165, 1.54) is 5.56 Å². The van der Waals surface area contributed by atoms with Crippen LogP contribution in [0.4, 0.5) is 11.4 Å². The fraction of sp³-hybridized carbons (Fsp3) is 0.167. The van der Waals surface area contributed by atoms with Crippen molar-refractivity contribution in [2.24, 2.45) is 0 Å². The van der Waals surface area contributed by atoms with Gasteiger partial charge < -0.3 is 15.4 Å². The Balaban J connectivity index is 1.57. The second-order valence-corrected chi connectivity index (χ2v) is 6.93. The van der Waals surface area contributed by atoms with Crippen LogP contribution in [0.3, 0.4) is 0 Å². The number of ether oxygens (including phenoxy) is 1. The van der Waals surface area contributed by atoms with E-state index in [4.69, 9.17) is 4.74 Å². The first kappa shape index (κ1) is 20.1. The lowest BCUT2D eigenvalue weighted by Gasteiger charge is -2.12. The molecule has 0 fully saturated rings. The summed E-state index contributed by atoms with van der Waals surface area (Å²) in [5, 5.41) is 5.70. The molecule has 0 radical (unpaired) electrons. The molecule has 0 atom stereocenters. The van der Waals surface area contributed by atoms with E-state index in [1.54, 1.807) is 24.3 Å². The monoisotopic (exact) mass is 388 g/mol. The van der Waals surface area contributed by atoms with Crippen molar-refractivity contribution in [3.05, 3.63) is 89.0 Å². The molecule has 0 heterocycles. The molecule has 0 bridgehead atoms. The van der Waals surface area contributed by atoms with Crippen molar-refractivity contribution in [3.63, 3.8) is 0 Å². The van der Waals surface area contributed by atoms with Crippen LogP contribution in [0.15, 0.2) is 66.7 Å². The largest absolute Gasteiger partial charge is 0.484 e. The Bertz CT molecular complexity index is 1030. The smallest absolute Gasteiger partial charge is 0.262 e. The molecule has 3 aromatic carbocycles. The molecule has 29 heavy (non-hydrogen) atoms. The van der Waals surface area contributed by atoms with E-state index in [-0.39, 0.29) is 18.4 Å². The van der Waals surface area contributed by atoms with Crippen LogP contribution in [-0.4, -0.2) is 18.4 Å². The van der Waals surface area contributed by atoms with Crippen molar-refractivity contribution in [2.75, 3.05) is 17.2 Å². The van der Waals surface area contributed by atoms with Crippen molar-refractivity contribution in [2.45, 2.75) is 20.8 Å². The maximum absolute atomic E-state index is 12.3. The highest BCUT2D eigenvalue weighted by molar-refractivity contribution is 6.04. The van der Waals surface area contributed by atoms with Crippen LogP contribution in [0.25, 0.3) is 0 Å². The first-order valence-corrected chi connectivity index (χ1v) is 9.39. The van der Waals surface area contributed by atoms with Gasteiger partial charge in [0.15, 0.2) is 6.61 Å². The molecule has 2 amide bonds. The molecule has 0 unspecified atom stereocenters. The lowest BCUT2D eigenvalue weighted by atomic mass is 10.1. The van der Waals surface area contributed by atoms with Gasteiger partial charge in [0.05, 0.1) is 0 Å². The highest BCUT2D eigenvalue weighted by atomic mass is 16.5. The number of anilines is 2. The second kappa shape index (κ2) is 9.06. The Labute approximate surface area is 170 Å². The average molecular weight is 388 g/mol. The van der Waals surface area contributed by atoms with Crippen molar-refractivity contribution in [3.8, 4) is 5.75 Å². The fourth-order valence-corrected chi connectivity index (χ4v) is 2.82. The number of amides is 2. The number of rotatable bonds is 6. The van der Waals surface area contributed by atoms with Crippen LogP contribution in [-0.2, 0) is 4.79 Å².